The van der Waals surface area contributed by atoms with Gasteiger partial charge < -0.3 is 19.8 Å². The van der Waals surface area contributed by atoms with Gasteiger partial charge in [-0.15, -0.1) is 0 Å². The van der Waals surface area contributed by atoms with Crippen LogP contribution < -0.4 is 10.1 Å². The average Bonchev–Trinajstić information content (AvgIpc) is 3.01. The molecule has 1 saturated heterocycles. The lowest BCUT2D eigenvalue weighted by atomic mass is 10.1. The highest BCUT2D eigenvalue weighted by Gasteiger charge is 2.19. The van der Waals surface area contributed by atoms with Crippen molar-refractivity contribution in [1.29, 1.82) is 0 Å². The van der Waals surface area contributed by atoms with Crippen molar-refractivity contribution in [2.75, 3.05) is 44.6 Å². The van der Waals surface area contributed by atoms with Crippen LogP contribution in [0, 0.1) is 5.82 Å². The van der Waals surface area contributed by atoms with Crippen LogP contribution in [0.4, 0.5) is 15.9 Å². The molecule has 1 fully saturated rings. The van der Waals surface area contributed by atoms with E-state index in [1.807, 2.05) is 24.3 Å². The average molecular weight is 589 g/mol. The fourth-order valence-corrected chi connectivity index (χ4v) is 4.75. The first-order chi connectivity index (χ1) is 20.5. The second kappa shape index (κ2) is 13.9. The normalized spacial score (nSPS) is 13.8. The van der Waals surface area contributed by atoms with Gasteiger partial charge in [0.2, 0.25) is 5.91 Å². The molecular formula is C31H30ClFN6O3. The van der Waals surface area contributed by atoms with Crippen molar-refractivity contribution in [2.24, 2.45) is 5.16 Å². The molecule has 1 N–H and O–H groups in total. The van der Waals surface area contributed by atoms with Gasteiger partial charge in [0.1, 0.15) is 36.9 Å². The zero-order valence-corrected chi connectivity index (χ0v) is 23.6. The Morgan fingerprint density at radius 2 is 1.95 bits per heavy atom. The second-order valence-corrected chi connectivity index (χ2v) is 10.0. The molecule has 4 aromatic rings. The number of benzene rings is 3. The number of ether oxygens (including phenoxy) is 1. The van der Waals surface area contributed by atoms with Gasteiger partial charge in [-0.25, -0.2) is 14.4 Å². The first-order valence-electron chi connectivity index (χ1n) is 13.5. The van der Waals surface area contributed by atoms with Crippen molar-refractivity contribution in [3.63, 3.8) is 0 Å². The monoisotopic (exact) mass is 588 g/mol. The molecule has 42 heavy (non-hydrogen) atoms. The number of amides is 1. The Morgan fingerprint density at radius 1 is 1.10 bits per heavy atom. The summed E-state index contributed by atoms with van der Waals surface area (Å²) in [6.45, 7) is 7.87. The van der Waals surface area contributed by atoms with E-state index in [2.05, 4.69) is 31.9 Å². The highest BCUT2D eigenvalue weighted by molar-refractivity contribution is 6.32. The first kappa shape index (κ1) is 29.0. The van der Waals surface area contributed by atoms with Gasteiger partial charge in [-0.05, 0) is 59.7 Å². The van der Waals surface area contributed by atoms with Crippen molar-refractivity contribution in [3.05, 3.63) is 102 Å². The van der Waals surface area contributed by atoms with Crippen LogP contribution in [0.1, 0.15) is 11.1 Å². The van der Waals surface area contributed by atoms with Crippen LogP contribution in [0.25, 0.3) is 10.9 Å². The molecule has 0 spiro atoms. The van der Waals surface area contributed by atoms with Crippen LogP contribution >= 0.6 is 11.6 Å². The van der Waals surface area contributed by atoms with E-state index in [1.54, 1.807) is 35.4 Å². The summed E-state index contributed by atoms with van der Waals surface area (Å²) < 4.78 is 19.2. The summed E-state index contributed by atoms with van der Waals surface area (Å²) in [5.41, 5.74) is 3.02. The van der Waals surface area contributed by atoms with Crippen LogP contribution in [0.5, 0.6) is 5.75 Å². The van der Waals surface area contributed by atoms with Gasteiger partial charge in [0, 0.05) is 43.8 Å². The number of anilines is 2. The third kappa shape index (κ3) is 7.59. The van der Waals surface area contributed by atoms with Gasteiger partial charge in [0.15, 0.2) is 0 Å². The van der Waals surface area contributed by atoms with E-state index in [1.165, 1.54) is 24.5 Å². The molecular weight excluding hydrogens is 559 g/mol. The molecule has 1 aromatic heterocycles. The minimum absolute atomic E-state index is 0.0276. The third-order valence-corrected chi connectivity index (χ3v) is 7.07. The van der Waals surface area contributed by atoms with Crippen LogP contribution in [0.15, 0.2) is 84.8 Å². The van der Waals surface area contributed by atoms with Gasteiger partial charge >= 0.3 is 0 Å². The zero-order valence-electron chi connectivity index (χ0n) is 22.9. The van der Waals surface area contributed by atoms with Crippen molar-refractivity contribution < 1.29 is 18.8 Å². The summed E-state index contributed by atoms with van der Waals surface area (Å²) in [5.74, 6) is 0.753. The van der Waals surface area contributed by atoms with Crippen molar-refractivity contribution >= 4 is 46.1 Å². The van der Waals surface area contributed by atoms with E-state index < -0.39 is 0 Å². The largest absolute Gasteiger partial charge is 0.487 e. The fraction of sp³-hybridized carbons (Fsp3) is 0.226. The molecule has 216 valence electrons. The van der Waals surface area contributed by atoms with Gasteiger partial charge in [0.05, 0.1) is 16.8 Å². The lowest BCUT2D eigenvalue weighted by molar-refractivity contribution is -0.127. The maximum atomic E-state index is 13.4. The number of hydrogen-bond acceptors (Lipinski definition) is 8. The van der Waals surface area contributed by atoms with Crippen molar-refractivity contribution in [2.45, 2.75) is 6.61 Å². The van der Waals surface area contributed by atoms with Crippen LogP contribution in [0.2, 0.25) is 5.02 Å². The first-order valence-corrected chi connectivity index (χ1v) is 13.8. The Kier molecular flexibility index (Phi) is 9.58. The summed E-state index contributed by atoms with van der Waals surface area (Å²) >= 11 is 6.47. The molecule has 0 atom stereocenters. The number of carbonyl (C=O) groups is 1. The van der Waals surface area contributed by atoms with E-state index in [0.717, 1.165) is 41.8 Å². The summed E-state index contributed by atoms with van der Waals surface area (Å²) in [6, 6.07) is 17.3. The van der Waals surface area contributed by atoms with Gasteiger partial charge in [0.25, 0.3) is 0 Å². The number of hydrogen-bond donors (Lipinski definition) is 1. The number of aromatic nitrogens is 2. The molecule has 5 rings (SSSR count). The molecule has 0 aliphatic carbocycles. The lowest BCUT2D eigenvalue weighted by Crippen LogP contribution is -2.48. The summed E-state index contributed by atoms with van der Waals surface area (Å²) in [5, 5.41) is 8.63. The van der Waals surface area contributed by atoms with E-state index in [-0.39, 0.29) is 18.3 Å². The molecule has 0 unspecified atom stereocenters. The summed E-state index contributed by atoms with van der Waals surface area (Å²) in [7, 11) is 0. The van der Waals surface area contributed by atoms with Gasteiger partial charge in [-0.1, -0.05) is 41.5 Å². The minimum Gasteiger partial charge on any atom is -0.487 e. The quantitative estimate of drug-likeness (QED) is 0.108. The summed E-state index contributed by atoms with van der Waals surface area (Å²) in [4.78, 5) is 30.0. The number of fused-ring (bicyclic) bond motifs is 1. The lowest BCUT2D eigenvalue weighted by Gasteiger charge is -2.33. The standard InChI is InChI=1S/C31H30ClFN6O3/c1-2-30(40)39-12-10-38(11-13-39)14-15-42-36-19-22-6-8-28-26(17-22)31(35-21-34-28)37-25-7-9-29(27(32)18-25)41-20-23-4-3-5-24(33)16-23/h2-9,16-19,21H,1,10-15,20H2,(H,34,35,37). The highest BCUT2D eigenvalue weighted by atomic mass is 35.5. The zero-order chi connectivity index (χ0) is 29.3. The highest BCUT2D eigenvalue weighted by Crippen LogP contribution is 2.31. The molecule has 2 heterocycles. The van der Waals surface area contributed by atoms with Crippen LogP contribution in [-0.2, 0) is 16.2 Å². The Bertz CT molecular complexity index is 1590. The number of halogens is 2. The molecule has 3 aromatic carbocycles. The Morgan fingerprint density at radius 3 is 2.74 bits per heavy atom. The second-order valence-electron chi connectivity index (χ2n) is 9.63. The fourth-order valence-electron chi connectivity index (χ4n) is 4.52. The maximum Gasteiger partial charge on any atom is 0.246 e. The Labute approximate surface area is 248 Å². The van der Waals surface area contributed by atoms with Crippen LogP contribution in [-0.4, -0.2) is 71.2 Å². The van der Waals surface area contributed by atoms with E-state index in [9.17, 15) is 9.18 Å². The predicted octanol–water partition coefficient (Wildman–Crippen LogP) is 5.43. The van der Waals surface area contributed by atoms with Crippen molar-refractivity contribution in [3.8, 4) is 5.75 Å². The Balaban J connectivity index is 1.16. The molecule has 11 heteroatoms. The predicted molar refractivity (Wildman–Crippen MR) is 162 cm³/mol. The van der Waals surface area contributed by atoms with Crippen molar-refractivity contribution in [1.82, 2.24) is 19.8 Å². The number of nitrogens with one attached hydrogen (secondary N) is 1. The molecule has 1 amide bonds. The smallest absolute Gasteiger partial charge is 0.246 e. The molecule has 1 aliphatic heterocycles. The van der Waals surface area contributed by atoms with Gasteiger partial charge in [-0.2, -0.15) is 0 Å². The van der Waals surface area contributed by atoms with E-state index in [0.29, 0.717) is 41.8 Å². The SMILES string of the molecule is C=CC(=O)N1CCN(CCON=Cc2ccc3ncnc(Nc4ccc(OCc5cccc(F)c5)c(Cl)c4)c3c2)CC1. The van der Waals surface area contributed by atoms with Gasteiger partial charge in [-0.3, -0.25) is 9.69 Å². The molecule has 1 aliphatic rings. The van der Waals surface area contributed by atoms with E-state index in [4.69, 9.17) is 21.2 Å². The Hall–Kier alpha value is -4.54. The topological polar surface area (TPSA) is 92.2 Å². The number of nitrogens with zero attached hydrogens (tertiary/aromatic N) is 5. The minimum atomic E-state index is -0.314. The number of oxime groups is 1. The summed E-state index contributed by atoms with van der Waals surface area (Å²) in [6.07, 6.45) is 4.50. The number of rotatable bonds is 11. The number of piperazine rings is 1. The molecule has 0 radical (unpaired) electrons. The van der Waals surface area contributed by atoms with E-state index >= 15 is 0 Å². The molecule has 9 nitrogen and oxygen atoms in total. The number of carbonyl (C=O) groups excluding carboxylic acids is 1. The molecule has 0 bridgehead atoms. The van der Waals surface area contributed by atoms with Crippen LogP contribution in [0.3, 0.4) is 0 Å². The third-order valence-electron chi connectivity index (χ3n) is 6.77. The molecule has 0 saturated carbocycles. The maximum absolute atomic E-state index is 13.4.